The first kappa shape index (κ1) is 13.9. The predicted octanol–water partition coefficient (Wildman–Crippen LogP) is 2.78. The van der Waals surface area contributed by atoms with E-state index in [0.717, 1.165) is 32.0 Å². The number of nitrogens with zero attached hydrogens (tertiary/aromatic N) is 3. The molecule has 4 nitrogen and oxygen atoms in total. The summed E-state index contributed by atoms with van der Waals surface area (Å²) in [6, 6.07) is 12.8. The quantitative estimate of drug-likeness (QED) is 0.934. The first-order valence-electron chi connectivity index (χ1n) is 7.53. The molecule has 0 amide bonds. The van der Waals surface area contributed by atoms with Crippen LogP contribution in [0.5, 0.6) is 0 Å². The molecule has 0 fully saturated rings. The molecule has 4 heteroatoms. The van der Waals surface area contributed by atoms with Crippen molar-refractivity contribution in [1.29, 1.82) is 0 Å². The molecule has 0 saturated carbocycles. The molecule has 1 aliphatic rings. The second kappa shape index (κ2) is 6.14. The van der Waals surface area contributed by atoms with Crippen molar-refractivity contribution in [2.75, 3.05) is 36.5 Å². The molecule has 110 valence electrons. The van der Waals surface area contributed by atoms with E-state index >= 15 is 0 Å². The van der Waals surface area contributed by atoms with E-state index in [2.05, 4.69) is 70.5 Å². The Morgan fingerprint density at radius 1 is 1.14 bits per heavy atom. The van der Waals surface area contributed by atoms with Gasteiger partial charge in [-0.3, -0.25) is 0 Å². The van der Waals surface area contributed by atoms with Crippen molar-refractivity contribution in [2.45, 2.75) is 13.5 Å². The molecule has 1 aliphatic heterocycles. The summed E-state index contributed by atoms with van der Waals surface area (Å²) in [4.78, 5) is 9.18. The van der Waals surface area contributed by atoms with Crippen LogP contribution in [-0.4, -0.2) is 31.7 Å². The van der Waals surface area contributed by atoms with Crippen LogP contribution in [0, 0.1) is 0 Å². The second-order valence-electron chi connectivity index (χ2n) is 5.36. The minimum absolute atomic E-state index is 0.890. The number of likely N-dealkylation sites (N-methyl/N-ethyl adjacent to an activating group) is 1. The molecular formula is C17H22N4. The van der Waals surface area contributed by atoms with Gasteiger partial charge in [0, 0.05) is 32.9 Å². The van der Waals surface area contributed by atoms with Crippen LogP contribution in [0.25, 0.3) is 0 Å². The molecule has 3 rings (SSSR count). The Balaban J connectivity index is 1.92. The average Bonchev–Trinajstić information content (AvgIpc) is 2.54. The molecule has 2 heterocycles. The number of para-hydroxylation sites is 2. The van der Waals surface area contributed by atoms with Crippen LogP contribution < -0.4 is 15.1 Å². The fraction of sp³-hybridized carbons (Fsp3) is 0.353. The summed E-state index contributed by atoms with van der Waals surface area (Å²) in [5.74, 6) is 1.03. The number of pyridine rings is 1. The van der Waals surface area contributed by atoms with Gasteiger partial charge in [0.05, 0.1) is 11.4 Å². The maximum atomic E-state index is 4.57. The van der Waals surface area contributed by atoms with E-state index in [9.17, 15) is 0 Å². The molecule has 0 bridgehead atoms. The third-order valence-electron chi connectivity index (χ3n) is 3.91. The van der Waals surface area contributed by atoms with E-state index in [1.165, 1.54) is 16.9 Å². The van der Waals surface area contributed by atoms with Gasteiger partial charge in [0.25, 0.3) is 0 Å². The zero-order valence-electron chi connectivity index (χ0n) is 12.7. The van der Waals surface area contributed by atoms with Gasteiger partial charge in [-0.15, -0.1) is 0 Å². The highest BCUT2D eigenvalue weighted by atomic mass is 15.3. The number of rotatable bonds is 4. The largest absolute Gasteiger partial charge is 0.371 e. The van der Waals surface area contributed by atoms with Crippen LogP contribution >= 0.6 is 0 Å². The lowest BCUT2D eigenvalue weighted by molar-refractivity contribution is 0.725. The fourth-order valence-corrected chi connectivity index (χ4v) is 2.73. The molecule has 1 aromatic carbocycles. The summed E-state index contributed by atoms with van der Waals surface area (Å²) in [6.45, 7) is 5.97. The monoisotopic (exact) mass is 282 g/mol. The first-order valence-corrected chi connectivity index (χ1v) is 7.53. The summed E-state index contributed by atoms with van der Waals surface area (Å²) >= 11 is 0. The highest BCUT2D eigenvalue weighted by Crippen LogP contribution is 2.35. The SMILES string of the molecule is CCNCc1ccnc(N2CCN(C)c3ccccc32)c1. The van der Waals surface area contributed by atoms with E-state index < -0.39 is 0 Å². The number of hydrogen-bond acceptors (Lipinski definition) is 4. The highest BCUT2D eigenvalue weighted by molar-refractivity contribution is 5.78. The number of nitrogens with one attached hydrogen (secondary N) is 1. The highest BCUT2D eigenvalue weighted by Gasteiger charge is 2.21. The normalized spacial score (nSPS) is 14.2. The number of hydrogen-bond donors (Lipinski definition) is 1. The van der Waals surface area contributed by atoms with Gasteiger partial charge in [0.2, 0.25) is 0 Å². The van der Waals surface area contributed by atoms with Crippen molar-refractivity contribution in [1.82, 2.24) is 10.3 Å². The molecule has 1 N–H and O–H groups in total. The number of benzene rings is 1. The van der Waals surface area contributed by atoms with Crippen molar-refractivity contribution in [3.8, 4) is 0 Å². The average molecular weight is 282 g/mol. The minimum atomic E-state index is 0.890. The van der Waals surface area contributed by atoms with Gasteiger partial charge in [-0.1, -0.05) is 19.1 Å². The fourth-order valence-electron chi connectivity index (χ4n) is 2.73. The molecule has 0 unspecified atom stereocenters. The van der Waals surface area contributed by atoms with Crippen LogP contribution in [0.1, 0.15) is 12.5 Å². The number of aromatic nitrogens is 1. The predicted molar refractivity (Wildman–Crippen MR) is 88.3 cm³/mol. The molecular weight excluding hydrogens is 260 g/mol. The molecule has 0 aliphatic carbocycles. The Kier molecular flexibility index (Phi) is 4.06. The molecule has 1 aromatic heterocycles. The van der Waals surface area contributed by atoms with Gasteiger partial charge < -0.3 is 15.1 Å². The van der Waals surface area contributed by atoms with Gasteiger partial charge >= 0.3 is 0 Å². The van der Waals surface area contributed by atoms with Crippen molar-refractivity contribution < 1.29 is 0 Å². The van der Waals surface area contributed by atoms with Crippen molar-refractivity contribution >= 4 is 17.2 Å². The molecule has 0 atom stereocenters. The Labute approximate surface area is 126 Å². The Hall–Kier alpha value is -2.07. The Morgan fingerprint density at radius 3 is 2.76 bits per heavy atom. The van der Waals surface area contributed by atoms with Gasteiger partial charge in [-0.25, -0.2) is 4.98 Å². The lowest BCUT2D eigenvalue weighted by Gasteiger charge is -2.36. The smallest absolute Gasteiger partial charge is 0.133 e. The van der Waals surface area contributed by atoms with E-state index in [1.54, 1.807) is 0 Å². The van der Waals surface area contributed by atoms with Gasteiger partial charge in [0.15, 0.2) is 0 Å². The molecule has 21 heavy (non-hydrogen) atoms. The van der Waals surface area contributed by atoms with Crippen molar-refractivity contribution in [3.05, 3.63) is 48.2 Å². The van der Waals surface area contributed by atoms with Crippen LogP contribution in [0.3, 0.4) is 0 Å². The summed E-state index contributed by atoms with van der Waals surface area (Å²) in [7, 11) is 2.14. The molecule has 0 saturated heterocycles. The molecule has 2 aromatic rings. The van der Waals surface area contributed by atoms with Crippen molar-refractivity contribution in [2.24, 2.45) is 0 Å². The minimum Gasteiger partial charge on any atom is -0.371 e. The standard InChI is InChI=1S/C17H22N4/c1-3-18-13-14-8-9-19-17(12-14)21-11-10-20(2)15-6-4-5-7-16(15)21/h4-9,12,18H,3,10-11,13H2,1-2H3. The Bertz CT molecular complexity index is 611. The van der Waals surface area contributed by atoms with E-state index in [0.29, 0.717) is 0 Å². The van der Waals surface area contributed by atoms with Crippen LogP contribution in [0.15, 0.2) is 42.6 Å². The number of fused-ring (bicyclic) bond motifs is 1. The van der Waals surface area contributed by atoms with E-state index in [1.807, 2.05) is 6.20 Å². The second-order valence-corrected chi connectivity index (χ2v) is 5.36. The first-order chi connectivity index (χ1) is 10.3. The summed E-state index contributed by atoms with van der Waals surface area (Å²) < 4.78 is 0. The zero-order valence-corrected chi connectivity index (χ0v) is 12.7. The maximum Gasteiger partial charge on any atom is 0.133 e. The Morgan fingerprint density at radius 2 is 1.95 bits per heavy atom. The van der Waals surface area contributed by atoms with Gasteiger partial charge in [-0.05, 0) is 36.4 Å². The summed E-state index contributed by atoms with van der Waals surface area (Å²) in [5.41, 5.74) is 3.78. The molecule has 0 radical (unpaired) electrons. The topological polar surface area (TPSA) is 31.4 Å². The lowest BCUT2D eigenvalue weighted by atomic mass is 10.1. The van der Waals surface area contributed by atoms with Gasteiger partial charge in [-0.2, -0.15) is 0 Å². The van der Waals surface area contributed by atoms with Gasteiger partial charge in [0.1, 0.15) is 5.82 Å². The zero-order chi connectivity index (χ0) is 14.7. The maximum absolute atomic E-state index is 4.57. The van der Waals surface area contributed by atoms with E-state index in [-0.39, 0.29) is 0 Å². The lowest BCUT2D eigenvalue weighted by Crippen LogP contribution is -2.36. The summed E-state index contributed by atoms with van der Waals surface area (Å²) in [5, 5.41) is 3.37. The van der Waals surface area contributed by atoms with Crippen LogP contribution in [-0.2, 0) is 6.54 Å². The van der Waals surface area contributed by atoms with Crippen LogP contribution in [0.2, 0.25) is 0 Å². The van der Waals surface area contributed by atoms with Crippen LogP contribution in [0.4, 0.5) is 17.2 Å². The third kappa shape index (κ3) is 2.85. The van der Waals surface area contributed by atoms with E-state index in [4.69, 9.17) is 0 Å². The molecule has 0 spiro atoms. The third-order valence-corrected chi connectivity index (χ3v) is 3.91. The van der Waals surface area contributed by atoms with Crippen molar-refractivity contribution in [3.63, 3.8) is 0 Å². The number of anilines is 3. The summed E-state index contributed by atoms with van der Waals surface area (Å²) in [6.07, 6.45) is 1.91.